The summed E-state index contributed by atoms with van der Waals surface area (Å²) in [5.41, 5.74) is 3.63. The van der Waals surface area contributed by atoms with Crippen LogP contribution in [0.15, 0.2) is 47.4 Å². The average molecular weight is 361 g/mol. The number of hydrogen-bond donors (Lipinski definition) is 0. The van der Waals surface area contributed by atoms with Gasteiger partial charge in [-0.2, -0.15) is 0 Å². The summed E-state index contributed by atoms with van der Waals surface area (Å²) in [6.45, 7) is 0. The summed E-state index contributed by atoms with van der Waals surface area (Å²) < 4.78 is 5.04. The molecule has 0 amide bonds. The number of methoxy groups -OCH3 is 1. The Morgan fingerprint density at radius 2 is 1.83 bits per heavy atom. The van der Waals surface area contributed by atoms with Crippen molar-refractivity contribution in [1.29, 1.82) is 0 Å². The molecule has 126 valence electrons. The highest BCUT2D eigenvalue weighted by atomic mass is 35.5. The van der Waals surface area contributed by atoms with Gasteiger partial charge in [-0.05, 0) is 48.4 Å². The Labute approximate surface area is 152 Å². The number of ether oxygens (including phenoxy) is 1. The van der Waals surface area contributed by atoms with Crippen molar-refractivity contribution < 1.29 is 9.53 Å². The lowest BCUT2D eigenvalue weighted by molar-refractivity contribution is -0.140. The van der Waals surface area contributed by atoms with Crippen LogP contribution in [0, 0.1) is 0 Å². The van der Waals surface area contributed by atoms with Gasteiger partial charge >= 0.3 is 5.97 Å². The quantitative estimate of drug-likeness (QED) is 0.402. The first kappa shape index (κ1) is 17.4. The molecule has 0 aromatic heterocycles. The lowest BCUT2D eigenvalue weighted by Gasteiger charge is -2.19. The van der Waals surface area contributed by atoms with Gasteiger partial charge in [0.05, 0.1) is 12.1 Å². The highest BCUT2D eigenvalue weighted by molar-refractivity contribution is 8.00. The Hall–Kier alpha value is -1.45. The largest absolute Gasteiger partial charge is 0.468 e. The number of benzene rings is 2. The van der Waals surface area contributed by atoms with Crippen LogP contribution in [0.1, 0.15) is 41.2 Å². The number of fused-ring (bicyclic) bond motifs is 1. The highest BCUT2D eigenvalue weighted by Gasteiger charge is 2.26. The maximum atomic E-state index is 12.4. The molecule has 1 unspecified atom stereocenters. The van der Waals surface area contributed by atoms with Gasteiger partial charge in [-0.25, -0.2) is 0 Å². The number of carbonyl (C=O) groups is 1. The lowest BCUT2D eigenvalue weighted by atomic mass is 10.0. The lowest BCUT2D eigenvalue weighted by Crippen LogP contribution is -2.12. The molecule has 3 rings (SSSR count). The van der Waals surface area contributed by atoms with E-state index in [2.05, 4.69) is 6.07 Å². The second-order valence-corrected chi connectivity index (χ2v) is 7.53. The standard InChI is InChI=1S/C20H21ClO2S/c1-23-20(22)18(15-9-5-2-6-10-15)24-19-16-11-7-3-4-8-14(16)12-13-17(19)21/h2,5-6,9-10,12-13,18H,3-4,7-8,11H2,1H3. The number of esters is 1. The van der Waals surface area contributed by atoms with Gasteiger partial charge in [-0.3, -0.25) is 4.79 Å². The molecule has 2 aromatic rings. The van der Waals surface area contributed by atoms with Crippen LogP contribution < -0.4 is 0 Å². The van der Waals surface area contributed by atoms with E-state index in [-0.39, 0.29) is 5.97 Å². The van der Waals surface area contributed by atoms with E-state index in [1.165, 1.54) is 49.3 Å². The molecule has 0 bridgehead atoms. The Morgan fingerprint density at radius 1 is 1.08 bits per heavy atom. The van der Waals surface area contributed by atoms with E-state index < -0.39 is 5.25 Å². The normalized spacial score (nSPS) is 15.2. The van der Waals surface area contributed by atoms with Crippen LogP contribution in [0.5, 0.6) is 0 Å². The van der Waals surface area contributed by atoms with E-state index in [9.17, 15) is 4.79 Å². The number of thioether (sulfide) groups is 1. The average Bonchev–Trinajstić information content (AvgIpc) is 2.87. The summed E-state index contributed by atoms with van der Waals surface area (Å²) in [7, 11) is 1.44. The summed E-state index contributed by atoms with van der Waals surface area (Å²) >= 11 is 8.04. The molecule has 0 spiro atoms. The summed E-state index contributed by atoms with van der Waals surface area (Å²) in [6, 6.07) is 13.9. The molecule has 4 heteroatoms. The molecular weight excluding hydrogens is 340 g/mol. The van der Waals surface area contributed by atoms with Gasteiger partial charge in [0, 0.05) is 4.90 Å². The minimum atomic E-state index is -0.400. The summed E-state index contributed by atoms with van der Waals surface area (Å²) in [4.78, 5) is 13.4. The van der Waals surface area contributed by atoms with Crippen LogP contribution in [0.2, 0.25) is 5.02 Å². The predicted molar refractivity (Wildman–Crippen MR) is 99.8 cm³/mol. The van der Waals surface area contributed by atoms with Gasteiger partial charge in [0.25, 0.3) is 0 Å². The Balaban J connectivity index is 2.00. The molecule has 0 aliphatic heterocycles. The third kappa shape index (κ3) is 3.79. The maximum Gasteiger partial charge on any atom is 0.323 e. The van der Waals surface area contributed by atoms with Crippen molar-refractivity contribution in [2.75, 3.05) is 7.11 Å². The molecular formula is C20H21ClO2S. The molecule has 0 radical (unpaired) electrons. The van der Waals surface area contributed by atoms with E-state index in [0.29, 0.717) is 0 Å². The Morgan fingerprint density at radius 3 is 2.58 bits per heavy atom. The molecule has 2 aromatic carbocycles. The number of hydrogen-bond acceptors (Lipinski definition) is 3. The van der Waals surface area contributed by atoms with Gasteiger partial charge in [0.15, 0.2) is 0 Å². The Kier molecular flexibility index (Phi) is 5.85. The molecule has 0 heterocycles. The first-order chi connectivity index (χ1) is 11.7. The fraction of sp³-hybridized carbons (Fsp3) is 0.350. The van der Waals surface area contributed by atoms with Crippen molar-refractivity contribution in [3.63, 3.8) is 0 Å². The minimum absolute atomic E-state index is 0.242. The zero-order chi connectivity index (χ0) is 16.9. The number of aryl methyl sites for hydroxylation is 1. The van der Waals surface area contributed by atoms with Crippen molar-refractivity contribution in [3.8, 4) is 0 Å². The smallest absolute Gasteiger partial charge is 0.323 e. The van der Waals surface area contributed by atoms with Gasteiger partial charge in [0.1, 0.15) is 5.25 Å². The van der Waals surface area contributed by atoms with Crippen molar-refractivity contribution in [2.45, 2.75) is 42.2 Å². The van der Waals surface area contributed by atoms with E-state index in [0.717, 1.165) is 28.3 Å². The minimum Gasteiger partial charge on any atom is -0.468 e. The number of rotatable bonds is 4. The number of carbonyl (C=O) groups excluding carboxylic acids is 1. The molecule has 0 N–H and O–H groups in total. The summed E-state index contributed by atoms with van der Waals surface area (Å²) in [6.07, 6.45) is 5.76. The van der Waals surface area contributed by atoms with E-state index in [1.807, 2.05) is 36.4 Å². The Bertz CT molecular complexity index is 715. The van der Waals surface area contributed by atoms with Crippen molar-refractivity contribution >= 4 is 29.3 Å². The van der Waals surface area contributed by atoms with Crippen LogP contribution >= 0.6 is 23.4 Å². The molecule has 24 heavy (non-hydrogen) atoms. The molecule has 0 fully saturated rings. The fourth-order valence-corrected chi connectivity index (χ4v) is 4.76. The zero-order valence-corrected chi connectivity index (χ0v) is 15.3. The van der Waals surface area contributed by atoms with Gasteiger partial charge < -0.3 is 4.74 Å². The first-order valence-corrected chi connectivity index (χ1v) is 9.56. The second kappa shape index (κ2) is 8.09. The molecule has 1 atom stereocenters. The van der Waals surface area contributed by atoms with E-state index in [4.69, 9.17) is 16.3 Å². The van der Waals surface area contributed by atoms with Crippen LogP contribution in [0.3, 0.4) is 0 Å². The monoisotopic (exact) mass is 360 g/mol. The molecule has 0 saturated carbocycles. The summed E-state index contributed by atoms with van der Waals surface area (Å²) in [5, 5.41) is 0.328. The van der Waals surface area contributed by atoms with Crippen LogP contribution in [-0.2, 0) is 22.4 Å². The molecule has 1 aliphatic rings. The third-order valence-electron chi connectivity index (χ3n) is 4.44. The SMILES string of the molecule is COC(=O)C(Sc1c(Cl)ccc2c1CCCCC2)c1ccccc1. The van der Waals surface area contributed by atoms with Gasteiger partial charge in [-0.15, -0.1) is 11.8 Å². The van der Waals surface area contributed by atoms with Gasteiger partial charge in [0.2, 0.25) is 0 Å². The topological polar surface area (TPSA) is 26.3 Å². The van der Waals surface area contributed by atoms with E-state index >= 15 is 0 Å². The second-order valence-electron chi connectivity index (χ2n) is 6.01. The predicted octanol–water partition coefficient (Wildman–Crippen LogP) is 5.62. The van der Waals surface area contributed by atoms with Gasteiger partial charge in [-0.1, -0.05) is 54.4 Å². The molecule has 0 saturated heterocycles. The highest BCUT2D eigenvalue weighted by Crippen LogP contribution is 2.43. The van der Waals surface area contributed by atoms with Crippen molar-refractivity contribution in [3.05, 3.63) is 64.2 Å². The number of halogens is 1. The third-order valence-corrected chi connectivity index (χ3v) is 6.27. The summed E-state index contributed by atoms with van der Waals surface area (Å²) in [5.74, 6) is -0.242. The van der Waals surface area contributed by atoms with E-state index in [1.54, 1.807) is 0 Å². The maximum absolute atomic E-state index is 12.4. The van der Waals surface area contributed by atoms with Crippen molar-refractivity contribution in [1.82, 2.24) is 0 Å². The van der Waals surface area contributed by atoms with Crippen LogP contribution in [0.4, 0.5) is 0 Å². The van der Waals surface area contributed by atoms with Crippen molar-refractivity contribution in [2.24, 2.45) is 0 Å². The first-order valence-electron chi connectivity index (χ1n) is 8.30. The zero-order valence-electron chi connectivity index (χ0n) is 13.8. The van der Waals surface area contributed by atoms with Crippen LogP contribution in [-0.4, -0.2) is 13.1 Å². The fourth-order valence-electron chi connectivity index (χ4n) is 3.17. The molecule has 1 aliphatic carbocycles. The van der Waals surface area contributed by atoms with Crippen LogP contribution in [0.25, 0.3) is 0 Å². The molecule has 2 nitrogen and oxygen atoms in total.